The van der Waals surface area contributed by atoms with Gasteiger partial charge in [0.15, 0.2) is 5.78 Å². The molecule has 1 saturated heterocycles. The topological polar surface area (TPSA) is 54.5 Å². The van der Waals surface area contributed by atoms with E-state index in [1.807, 2.05) is 11.4 Å². The van der Waals surface area contributed by atoms with Crippen molar-refractivity contribution in [2.75, 3.05) is 19.3 Å². The molecule has 0 saturated carbocycles. The van der Waals surface area contributed by atoms with E-state index in [0.717, 1.165) is 22.2 Å². The Kier molecular flexibility index (Phi) is 4.81. The highest BCUT2D eigenvalue weighted by Gasteiger charge is 2.28. The highest BCUT2D eigenvalue weighted by molar-refractivity contribution is 9.10. The summed E-state index contributed by atoms with van der Waals surface area (Å²) >= 11 is 4.78. The number of Topliss-reactive ketones (excluding diaryl/α,β-unsaturated/α-hetero) is 1. The molecule has 0 spiro atoms. The summed E-state index contributed by atoms with van der Waals surface area (Å²) in [6.07, 6.45) is 3.40. The van der Waals surface area contributed by atoms with Crippen LogP contribution in [0.15, 0.2) is 15.9 Å². The molecular formula is C12H16BrNO3S2. The van der Waals surface area contributed by atoms with Crippen LogP contribution in [0.25, 0.3) is 0 Å². The van der Waals surface area contributed by atoms with Gasteiger partial charge in [-0.05, 0) is 46.1 Å². The SMILES string of the molecule is CS(=O)(=O)N1CCCC(CC(=O)c2sccc2Br)C1. The first-order chi connectivity index (χ1) is 8.88. The zero-order chi connectivity index (χ0) is 14.0. The highest BCUT2D eigenvalue weighted by Crippen LogP contribution is 2.28. The molecule has 1 aliphatic rings. The maximum atomic E-state index is 12.2. The Labute approximate surface area is 126 Å². The van der Waals surface area contributed by atoms with E-state index in [4.69, 9.17) is 0 Å². The first-order valence-corrected chi connectivity index (χ1v) is 9.61. The van der Waals surface area contributed by atoms with Crippen molar-refractivity contribution in [3.05, 3.63) is 20.8 Å². The van der Waals surface area contributed by atoms with E-state index in [2.05, 4.69) is 15.9 Å². The van der Waals surface area contributed by atoms with Crippen LogP contribution in [0.4, 0.5) is 0 Å². The molecule has 0 N–H and O–H groups in total. The van der Waals surface area contributed by atoms with Gasteiger partial charge in [-0.3, -0.25) is 4.79 Å². The molecule has 4 nitrogen and oxygen atoms in total. The summed E-state index contributed by atoms with van der Waals surface area (Å²) in [6, 6.07) is 1.86. The fourth-order valence-corrected chi connectivity index (χ4v) is 4.83. The number of hydrogen-bond acceptors (Lipinski definition) is 4. The van der Waals surface area contributed by atoms with Gasteiger partial charge in [0.1, 0.15) is 0 Å². The van der Waals surface area contributed by atoms with Gasteiger partial charge in [-0.25, -0.2) is 12.7 Å². The Balaban J connectivity index is 2.00. The number of hydrogen-bond donors (Lipinski definition) is 0. The molecular weight excluding hydrogens is 350 g/mol. The lowest BCUT2D eigenvalue weighted by molar-refractivity contribution is 0.0945. The number of rotatable bonds is 4. The monoisotopic (exact) mass is 365 g/mol. The van der Waals surface area contributed by atoms with Crippen LogP contribution in [-0.4, -0.2) is 37.9 Å². The van der Waals surface area contributed by atoms with Gasteiger partial charge in [-0.2, -0.15) is 0 Å². The van der Waals surface area contributed by atoms with E-state index >= 15 is 0 Å². The van der Waals surface area contributed by atoms with Crippen LogP contribution >= 0.6 is 27.3 Å². The average molecular weight is 366 g/mol. The minimum Gasteiger partial charge on any atom is -0.293 e. The molecule has 0 bridgehead atoms. The normalized spacial score (nSPS) is 21.5. The molecule has 1 fully saturated rings. The van der Waals surface area contributed by atoms with Gasteiger partial charge in [0.05, 0.1) is 11.1 Å². The fraction of sp³-hybridized carbons (Fsp3) is 0.583. The Morgan fingerprint density at radius 3 is 2.89 bits per heavy atom. The van der Waals surface area contributed by atoms with Crippen LogP contribution in [0.5, 0.6) is 0 Å². The Hall–Kier alpha value is -0.240. The second-order valence-electron chi connectivity index (χ2n) is 4.85. The van der Waals surface area contributed by atoms with Crippen LogP contribution < -0.4 is 0 Å². The Morgan fingerprint density at radius 1 is 1.58 bits per heavy atom. The van der Waals surface area contributed by atoms with Crippen LogP contribution in [-0.2, 0) is 10.0 Å². The van der Waals surface area contributed by atoms with Gasteiger partial charge in [0.25, 0.3) is 0 Å². The molecule has 7 heteroatoms. The fourth-order valence-electron chi connectivity index (χ4n) is 2.34. The molecule has 106 valence electrons. The van der Waals surface area contributed by atoms with Gasteiger partial charge in [0, 0.05) is 24.0 Å². The number of halogens is 1. The molecule has 0 radical (unpaired) electrons. The van der Waals surface area contributed by atoms with Crippen molar-refractivity contribution in [2.24, 2.45) is 5.92 Å². The number of piperidine rings is 1. The van der Waals surface area contributed by atoms with Crippen molar-refractivity contribution in [3.63, 3.8) is 0 Å². The lowest BCUT2D eigenvalue weighted by Gasteiger charge is -2.30. The molecule has 2 rings (SSSR count). The van der Waals surface area contributed by atoms with Crippen molar-refractivity contribution in [2.45, 2.75) is 19.3 Å². The Bertz CT molecular complexity index is 567. The number of thiophene rings is 1. The summed E-state index contributed by atoms with van der Waals surface area (Å²) < 4.78 is 25.4. The summed E-state index contributed by atoms with van der Waals surface area (Å²) in [5, 5.41) is 1.88. The third-order valence-corrected chi connectivity index (χ3v) is 6.44. The van der Waals surface area contributed by atoms with E-state index in [0.29, 0.717) is 19.5 Å². The maximum absolute atomic E-state index is 12.2. The van der Waals surface area contributed by atoms with Crippen molar-refractivity contribution in [3.8, 4) is 0 Å². The lowest BCUT2D eigenvalue weighted by atomic mass is 9.94. The predicted molar refractivity (Wildman–Crippen MR) is 80.1 cm³/mol. The molecule has 0 amide bonds. The molecule has 1 aromatic rings. The van der Waals surface area contributed by atoms with Crippen molar-refractivity contribution >= 4 is 43.1 Å². The molecule has 1 unspecified atom stereocenters. The zero-order valence-electron chi connectivity index (χ0n) is 10.6. The zero-order valence-corrected chi connectivity index (χ0v) is 13.9. The van der Waals surface area contributed by atoms with Gasteiger partial charge in [-0.15, -0.1) is 11.3 Å². The molecule has 0 aliphatic carbocycles. The minimum absolute atomic E-state index is 0.0993. The van der Waals surface area contributed by atoms with Crippen LogP contribution in [0.1, 0.15) is 28.9 Å². The third kappa shape index (κ3) is 3.87. The summed E-state index contributed by atoms with van der Waals surface area (Å²) in [7, 11) is -3.14. The highest BCUT2D eigenvalue weighted by atomic mass is 79.9. The summed E-state index contributed by atoms with van der Waals surface area (Å²) in [5.74, 6) is 0.229. The van der Waals surface area contributed by atoms with Gasteiger partial charge in [0.2, 0.25) is 10.0 Å². The largest absolute Gasteiger partial charge is 0.293 e. The number of ketones is 1. The predicted octanol–water partition coefficient (Wildman–Crippen LogP) is 2.76. The summed E-state index contributed by atoms with van der Waals surface area (Å²) in [4.78, 5) is 12.9. The second kappa shape index (κ2) is 6.03. The van der Waals surface area contributed by atoms with Crippen LogP contribution in [0.3, 0.4) is 0 Å². The molecule has 19 heavy (non-hydrogen) atoms. The number of sulfonamides is 1. The number of carbonyl (C=O) groups is 1. The van der Waals surface area contributed by atoms with E-state index in [-0.39, 0.29) is 11.7 Å². The van der Waals surface area contributed by atoms with Gasteiger partial charge in [-0.1, -0.05) is 0 Å². The molecule has 0 aromatic carbocycles. The lowest BCUT2D eigenvalue weighted by Crippen LogP contribution is -2.39. The first kappa shape index (κ1) is 15.2. The second-order valence-corrected chi connectivity index (χ2v) is 8.61. The van der Waals surface area contributed by atoms with Gasteiger partial charge < -0.3 is 0 Å². The summed E-state index contributed by atoms with van der Waals surface area (Å²) in [6.45, 7) is 1.04. The van der Waals surface area contributed by atoms with Crippen molar-refractivity contribution in [1.82, 2.24) is 4.31 Å². The van der Waals surface area contributed by atoms with Crippen molar-refractivity contribution in [1.29, 1.82) is 0 Å². The molecule has 2 heterocycles. The number of carbonyl (C=O) groups excluding carboxylic acids is 1. The molecule has 1 aliphatic heterocycles. The Morgan fingerprint density at radius 2 is 2.32 bits per heavy atom. The minimum atomic E-state index is -3.14. The quantitative estimate of drug-likeness (QED) is 0.770. The summed E-state index contributed by atoms with van der Waals surface area (Å²) in [5.41, 5.74) is 0. The van der Waals surface area contributed by atoms with E-state index in [1.165, 1.54) is 21.9 Å². The number of nitrogens with zero attached hydrogens (tertiary/aromatic N) is 1. The average Bonchev–Trinajstić information content (AvgIpc) is 2.75. The van der Waals surface area contributed by atoms with E-state index in [9.17, 15) is 13.2 Å². The standard InChI is InChI=1S/C12H16BrNO3S2/c1-19(16,17)14-5-2-3-9(8-14)7-11(15)12-10(13)4-6-18-12/h4,6,9H,2-3,5,7-8H2,1H3. The molecule has 1 atom stereocenters. The van der Waals surface area contributed by atoms with Crippen LogP contribution in [0.2, 0.25) is 0 Å². The third-order valence-electron chi connectivity index (χ3n) is 3.30. The van der Waals surface area contributed by atoms with Crippen LogP contribution in [0, 0.1) is 5.92 Å². The first-order valence-electron chi connectivity index (χ1n) is 6.09. The van der Waals surface area contributed by atoms with Gasteiger partial charge >= 0.3 is 0 Å². The maximum Gasteiger partial charge on any atom is 0.211 e. The van der Waals surface area contributed by atoms with E-state index in [1.54, 1.807) is 0 Å². The molecule has 1 aromatic heterocycles. The van der Waals surface area contributed by atoms with Crippen molar-refractivity contribution < 1.29 is 13.2 Å². The smallest absolute Gasteiger partial charge is 0.211 e. The van der Waals surface area contributed by atoms with E-state index < -0.39 is 10.0 Å².